The van der Waals surface area contributed by atoms with Crippen molar-refractivity contribution in [3.8, 4) is 39.6 Å². The van der Waals surface area contributed by atoms with Gasteiger partial charge in [-0.2, -0.15) is 12.1 Å². The number of fused-ring (bicyclic) bond motifs is 7. The Morgan fingerprint density at radius 3 is 1.70 bits per heavy atom. The number of imidazole rings is 1. The summed E-state index contributed by atoms with van der Waals surface area (Å²) in [4.78, 5) is 15.0. The van der Waals surface area contributed by atoms with Gasteiger partial charge in [-0.05, 0) is 127 Å². The molecule has 5 heterocycles. The van der Waals surface area contributed by atoms with Crippen LogP contribution in [0.4, 0.5) is 22.7 Å². The smallest absolute Gasteiger partial charge is 0.135 e. The molecule has 0 fully saturated rings. The van der Waals surface area contributed by atoms with Crippen molar-refractivity contribution in [3.05, 3.63) is 192 Å². The summed E-state index contributed by atoms with van der Waals surface area (Å²) >= 11 is 0. The zero-order valence-electron chi connectivity index (χ0n) is 50.1. The van der Waals surface area contributed by atoms with E-state index in [4.69, 9.17) is 14.7 Å². The molecule has 0 radical (unpaired) electrons. The summed E-state index contributed by atoms with van der Waals surface area (Å²) in [6.45, 7) is 37.5. The first-order valence-corrected chi connectivity index (χ1v) is 28.8. The number of aromatic nitrogens is 4. The molecule has 81 heavy (non-hydrogen) atoms. The van der Waals surface area contributed by atoms with E-state index in [1.165, 1.54) is 50.1 Å². The Bertz CT molecular complexity index is 3950. The van der Waals surface area contributed by atoms with Crippen molar-refractivity contribution in [2.45, 2.75) is 157 Å². The molecular formula is C73H77N6OPt-3. The summed E-state index contributed by atoms with van der Waals surface area (Å²) in [6.07, 6.45) is 5.20. The van der Waals surface area contributed by atoms with Gasteiger partial charge in [0.2, 0.25) is 0 Å². The Balaban J connectivity index is 0.00000690. The Labute approximate surface area is 495 Å². The van der Waals surface area contributed by atoms with Crippen molar-refractivity contribution in [3.63, 3.8) is 0 Å². The van der Waals surface area contributed by atoms with Crippen LogP contribution in [-0.2, 0) is 61.1 Å². The van der Waals surface area contributed by atoms with Gasteiger partial charge < -0.3 is 23.7 Å². The number of aryl methyl sites for hydroxylation is 2. The Hall–Kier alpha value is -6.95. The van der Waals surface area contributed by atoms with Crippen molar-refractivity contribution in [1.29, 1.82) is 0 Å². The third-order valence-electron chi connectivity index (χ3n) is 16.6. The number of rotatable bonds is 7. The molecule has 8 heteroatoms. The summed E-state index contributed by atoms with van der Waals surface area (Å²) < 4.78 is 11.6. The number of nitrogens with zero attached hydrogens (tertiary/aromatic N) is 6. The maximum atomic E-state index is 6.91. The summed E-state index contributed by atoms with van der Waals surface area (Å²) in [7, 11) is 0. The molecule has 2 aliphatic rings. The molecule has 0 N–H and O–H groups in total. The summed E-state index contributed by atoms with van der Waals surface area (Å²) in [5.41, 5.74) is 19.1. The molecule has 0 spiro atoms. The second-order valence-corrected chi connectivity index (χ2v) is 27.7. The number of ether oxygens (including phenoxy) is 1. The number of anilines is 4. The van der Waals surface area contributed by atoms with Crippen LogP contribution >= 0.6 is 0 Å². The van der Waals surface area contributed by atoms with Gasteiger partial charge in [-0.15, -0.1) is 48.1 Å². The topological polar surface area (TPSA) is 51.4 Å². The van der Waals surface area contributed by atoms with Gasteiger partial charge in [0.1, 0.15) is 11.6 Å². The molecule has 0 saturated heterocycles. The number of hydrogen-bond donors (Lipinski definition) is 0. The van der Waals surface area contributed by atoms with Crippen LogP contribution in [0, 0.1) is 18.8 Å². The van der Waals surface area contributed by atoms with Crippen molar-refractivity contribution in [1.82, 2.24) is 19.1 Å². The van der Waals surface area contributed by atoms with Crippen molar-refractivity contribution in [2.24, 2.45) is 0 Å². The maximum absolute atomic E-state index is 6.91. The molecule has 2 aliphatic heterocycles. The van der Waals surface area contributed by atoms with E-state index in [1.54, 1.807) is 0 Å². The van der Waals surface area contributed by atoms with Crippen LogP contribution in [0.25, 0.3) is 60.9 Å². The second-order valence-electron chi connectivity index (χ2n) is 27.7. The fourth-order valence-electron chi connectivity index (χ4n) is 11.7. The number of benzene rings is 7. The van der Waals surface area contributed by atoms with E-state index in [0.717, 1.165) is 93.0 Å². The largest absolute Gasteiger partial charge is 0.509 e. The monoisotopic (exact) mass is 1250 g/mol. The molecule has 12 rings (SSSR count). The summed E-state index contributed by atoms with van der Waals surface area (Å²) in [5, 5.41) is 2.26. The molecule has 0 unspecified atom stereocenters. The van der Waals surface area contributed by atoms with Gasteiger partial charge >= 0.3 is 0 Å². The summed E-state index contributed by atoms with van der Waals surface area (Å²) in [5.74, 6) is 3.20. The predicted octanol–water partition coefficient (Wildman–Crippen LogP) is 19.5. The van der Waals surface area contributed by atoms with E-state index >= 15 is 0 Å². The fraction of sp³-hybridized carbons (Fsp3) is 0.329. The Morgan fingerprint density at radius 1 is 0.506 bits per heavy atom. The van der Waals surface area contributed by atoms with E-state index < -0.39 is 0 Å². The third kappa shape index (κ3) is 10.4. The minimum Gasteiger partial charge on any atom is -0.509 e. The maximum Gasteiger partial charge on any atom is 0.135 e. The number of hydrogen-bond acceptors (Lipinski definition) is 5. The normalized spacial score (nSPS) is 14.2. The fourth-order valence-corrected chi connectivity index (χ4v) is 11.7. The minimum atomic E-state index is -0.127. The third-order valence-corrected chi connectivity index (χ3v) is 16.6. The zero-order chi connectivity index (χ0) is 56.4. The average Bonchev–Trinajstić information content (AvgIpc) is 2.78. The first kappa shape index (κ1) is 55.9. The van der Waals surface area contributed by atoms with Crippen LogP contribution < -0.4 is 14.5 Å². The first-order chi connectivity index (χ1) is 37.8. The quantitative estimate of drug-likeness (QED) is 0.149. The van der Waals surface area contributed by atoms with Crippen molar-refractivity contribution >= 4 is 55.6 Å². The van der Waals surface area contributed by atoms with Gasteiger partial charge in [0.15, 0.2) is 0 Å². The zero-order valence-corrected chi connectivity index (χ0v) is 52.4. The van der Waals surface area contributed by atoms with E-state index in [-0.39, 0.29) is 48.1 Å². The Morgan fingerprint density at radius 2 is 1.09 bits per heavy atom. The van der Waals surface area contributed by atoms with Gasteiger partial charge in [-0.25, -0.2) is 9.97 Å². The minimum absolute atomic E-state index is 0. The molecule has 7 nitrogen and oxygen atoms in total. The molecule has 0 atom stereocenters. The van der Waals surface area contributed by atoms with E-state index in [2.05, 4.69) is 263 Å². The average molecular weight is 1250 g/mol. The van der Waals surface area contributed by atoms with Crippen LogP contribution in [0.3, 0.4) is 0 Å². The molecule has 10 aromatic rings. The molecule has 418 valence electrons. The predicted molar refractivity (Wildman–Crippen MR) is 335 cm³/mol. The van der Waals surface area contributed by atoms with Gasteiger partial charge in [0.05, 0.1) is 11.0 Å². The van der Waals surface area contributed by atoms with Crippen LogP contribution in [0.2, 0.25) is 0 Å². The van der Waals surface area contributed by atoms with Crippen LogP contribution in [-0.4, -0.2) is 19.1 Å². The second kappa shape index (κ2) is 20.2. The van der Waals surface area contributed by atoms with Crippen molar-refractivity contribution in [2.75, 3.05) is 9.80 Å². The van der Waals surface area contributed by atoms with E-state index in [1.807, 2.05) is 18.3 Å². The van der Waals surface area contributed by atoms with Gasteiger partial charge in [-0.3, -0.25) is 0 Å². The van der Waals surface area contributed by atoms with Gasteiger partial charge in [-0.1, -0.05) is 170 Å². The van der Waals surface area contributed by atoms with Crippen LogP contribution in [0.15, 0.2) is 140 Å². The number of pyridine rings is 1. The molecule has 0 saturated carbocycles. The van der Waals surface area contributed by atoms with E-state index in [0.29, 0.717) is 11.5 Å². The molecular weight excluding hydrogens is 1170 g/mol. The van der Waals surface area contributed by atoms with Crippen molar-refractivity contribution < 1.29 is 25.8 Å². The SMILES string of the molecule is CC(C)(C)c1ccc(-c2cc(C(C)(C)C)cc(-c3ccc(C(C)(C)C)cc3)c2N2[CH-]N(c3[c-]c(Oc4[c-]c5c(cc4)c4cc(C(C)(C)C)ccc4n5-c4cc(C(C)(C)C)ccn4)ccc3)c3cc4nc5n(c4cc32)CCCC5)cc1.[Pt]. The molecule has 3 aromatic heterocycles. The first-order valence-electron chi connectivity index (χ1n) is 28.8. The molecule has 0 amide bonds. The van der Waals surface area contributed by atoms with E-state index in [9.17, 15) is 0 Å². The van der Waals surface area contributed by atoms with Gasteiger partial charge in [0.25, 0.3) is 0 Å². The van der Waals surface area contributed by atoms with Crippen LogP contribution in [0.5, 0.6) is 11.5 Å². The van der Waals surface area contributed by atoms with Gasteiger partial charge in [0, 0.05) is 85.4 Å². The molecule has 0 aliphatic carbocycles. The summed E-state index contributed by atoms with van der Waals surface area (Å²) in [6, 6.07) is 57.2. The van der Waals surface area contributed by atoms with Crippen LogP contribution in [0.1, 0.15) is 150 Å². The molecule has 0 bridgehead atoms. The Kier molecular flexibility index (Phi) is 13.9. The molecule has 7 aromatic carbocycles. The standard InChI is InChI=1S/C73H77N6O.Pt/c1-69(2,3)48-26-22-46(23-27-48)57-38-52(73(13,14)15)39-58(47-24-28-49(29-25-47)70(4,5)6)68(57)78-45-77(64-43-60-63(44-65(64)78)76-36-17-16-21-66(76)75-60)53-19-18-20-54(41-53)80-55-31-32-56-59-37-50(71(7,8)9)30-33-61(59)79(62(56)42-55)67-40-51(34-35-74-67)72(10,11)12;/h18-20,22-35,37-40,43-45H,16-17,21,36H2,1-15H3;/q-3;.